The highest BCUT2D eigenvalue weighted by molar-refractivity contribution is 5.89. The zero-order valence-electron chi connectivity index (χ0n) is 14.8. The summed E-state index contributed by atoms with van der Waals surface area (Å²) >= 11 is 0. The summed E-state index contributed by atoms with van der Waals surface area (Å²) in [5, 5.41) is 10.9. The van der Waals surface area contributed by atoms with Crippen molar-refractivity contribution in [1.29, 1.82) is 0 Å². The van der Waals surface area contributed by atoms with Gasteiger partial charge in [0, 0.05) is 18.0 Å². The van der Waals surface area contributed by atoms with Gasteiger partial charge in [-0.1, -0.05) is 17.9 Å². The Hall–Kier alpha value is -2.09. The van der Waals surface area contributed by atoms with Crippen LogP contribution in [-0.2, 0) is 11.2 Å². The number of esters is 1. The van der Waals surface area contributed by atoms with Crippen LogP contribution in [0.3, 0.4) is 0 Å². The van der Waals surface area contributed by atoms with Crippen molar-refractivity contribution in [3.63, 3.8) is 0 Å². The van der Waals surface area contributed by atoms with Crippen LogP contribution in [0.2, 0.25) is 0 Å². The van der Waals surface area contributed by atoms with Gasteiger partial charge in [-0.3, -0.25) is 4.90 Å². The van der Waals surface area contributed by atoms with E-state index in [0.29, 0.717) is 25.1 Å². The van der Waals surface area contributed by atoms with E-state index in [1.807, 2.05) is 12.1 Å². The topological polar surface area (TPSA) is 49.8 Å². The van der Waals surface area contributed by atoms with E-state index in [-0.39, 0.29) is 11.9 Å². The fourth-order valence-electron chi connectivity index (χ4n) is 3.74. The SMILES string of the molecule is C=CCc1cc(C(=O)OCC)ccc1C#CC1(O)CN2CCC1CC2. The molecular formula is C21H25NO3. The molecule has 3 aliphatic rings. The number of hydrogen-bond donors (Lipinski definition) is 1. The number of benzene rings is 1. The molecule has 0 aromatic heterocycles. The quantitative estimate of drug-likeness (QED) is 0.520. The highest BCUT2D eigenvalue weighted by Crippen LogP contribution is 2.35. The summed E-state index contributed by atoms with van der Waals surface area (Å²) in [4.78, 5) is 14.2. The van der Waals surface area contributed by atoms with Crippen molar-refractivity contribution in [1.82, 2.24) is 4.90 Å². The summed E-state index contributed by atoms with van der Waals surface area (Å²) in [5.41, 5.74) is 1.35. The lowest BCUT2D eigenvalue weighted by molar-refractivity contribution is -0.0713. The zero-order chi connectivity index (χ0) is 17.9. The molecule has 3 fully saturated rings. The molecule has 0 saturated carbocycles. The van der Waals surface area contributed by atoms with E-state index in [9.17, 15) is 9.90 Å². The molecule has 0 amide bonds. The molecule has 1 N–H and O–H groups in total. The van der Waals surface area contributed by atoms with Crippen molar-refractivity contribution in [3.05, 3.63) is 47.5 Å². The Morgan fingerprint density at radius 3 is 2.84 bits per heavy atom. The highest BCUT2D eigenvalue weighted by atomic mass is 16.5. The van der Waals surface area contributed by atoms with Gasteiger partial charge in [0.2, 0.25) is 0 Å². The molecule has 132 valence electrons. The minimum atomic E-state index is -0.929. The predicted molar refractivity (Wildman–Crippen MR) is 97.3 cm³/mol. The van der Waals surface area contributed by atoms with Crippen LogP contribution in [-0.4, -0.2) is 47.8 Å². The minimum absolute atomic E-state index is 0.256. The highest BCUT2D eigenvalue weighted by Gasteiger charge is 2.44. The standard InChI is InChI=1S/C21H25NO3/c1-3-5-17-14-18(20(23)25-4-2)7-6-16(17)8-11-21(24)15-22-12-9-19(21)10-13-22/h3,6-7,14,19,24H,1,4-5,9-10,12-13,15H2,2H3. The number of fused-ring (bicyclic) bond motifs is 3. The number of ether oxygens (including phenoxy) is 1. The molecule has 2 bridgehead atoms. The molecule has 0 spiro atoms. The molecule has 1 aromatic rings. The number of aliphatic hydroxyl groups is 1. The fourth-order valence-corrected chi connectivity index (χ4v) is 3.74. The Kier molecular flexibility index (Phi) is 5.27. The van der Waals surface area contributed by atoms with Crippen LogP contribution < -0.4 is 0 Å². The fraction of sp³-hybridized carbons (Fsp3) is 0.476. The van der Waals surface area contributed by atoms with Crippen molar-refractivity contribution in [2.75, 3.05) is 26.2 Å². The number of carbonyl (C=O) groups is 1. The average Bonchev–Trinajstić information content (AvgIpc) is 2.62. The van der Waals surface area contributed by atoms with Crippen LogP contribution in [0.15, 0.2) is 30.9 Å². The van der Waals surface area contributed by atoms with Crippen LogP contribution in [0.5, 0.6) is 0 Å². The van der Waals surface area contributed by atoms with Gasteiger partial charge in [-0.2, -0.15) is 0 Å². The van der Waals surface area contributed by atoms with Gasteiger partial charge in [-0.25, -0.2) is 4.79 Å². The Bertz CT molecular complexity index is 722. The Morgan fingerprint density at radius 2 is 2.24 bits per heavy atom. The molecule has 3 aliphatic heterocycles. The van der Waals surface area contributed by atoms with Crippen LogP contribution in [0.25, 0.3) is 0 Å². The summed E-state index contributed by atoms with van der Waals surface area (Å²) in [7, 11) is 0. The molecule has 0 radical (unpaired) electrons. The van der Waals surface area contributed by atoms with Gasteiger partial charge in [0.1, 0.15) is 5.60 Å². The second kappa shape index (κ2) is 7.43. The Morgan fingerprint density at radius 1 is 1.48 bits per heavy atom. The van der Waals surface area contributed by atoms with Crippen molar-refractivity contribution in [3.8, 4) is 11.8 Å². The average molecular weight is 339 g/mol. The van der Waals surface area contributed by atoms with Gasteiger partial charge < -0.3 is 9.84 Å². The summed E-state index contributed by atoms with van der Waals surface area (Å²) in [6, 6.07) is 5.38. The minimum Gasteiger partial charge on any atom is -0.462 e. The molecule has 4 heteroatoms. The van der Waals surface area contributed by atoms with Gasteiger partial charge >= 0.3 is 5.97 Å². The predicted octanol–water partition coefficient (Wildman–Crippen LogP) is 2.40. The first-order valence-electron chi connectivity index (χ1n) is 8.94. The number of rotatable bonds is 4. The van der Waals surface area contributed by atoms with Crippen LogP contribution in [0, 0.1) is 17.8 Å². The molecule has 1 aromatic carbocycles. The number of allylic oxidation sites excluding steroid dienone is 1. The second-order valence-electron chi connectivity index (χ2n) is 6.81. The maximum Gasteiger partial charge on any atom is 0.338 e. The lowest BCUT2D eigenvalue weighted by atomic mass is 9.75. The Balaban J connectivity index is 1.87. The number of carbonyl (C=O) groups excluding carboxylic acids is 1. The lowest BCUT2D eigenvalue weighted by Gasteiger charge is -2.47. The van der Waals surface area contributed by atoms with Crippen molar-refractivity contribution in [2.24, 2.45) is 5.92 Å². The maximum atomic E-state index is 11.9. The van der Waals surface area contributed by atoms with Crippen LogP contribution >= 0.6 is 0 Å². The molecule has 3 saturated heterocycles. The molecule has 1 unspecified atom stereocenters. The van der Waals surface area contributed by atoms with E-state index >= 15 is 0 Å². The van der Waals surface area contributed by atoms with Gasteiger partial charge in [0.25, 0.3) is 0 Å². The third-order valence-corrected chi connectivity index (χ3v) is 5.12. The molecular weight excluding hydrogens is 314 g/mol. The smallest absolute Gasteiger partial charge is 0.338 e. The molecule has 1 atom stereocenters. The van der Waals surface area contributed by atoms with Gasteiger partial charge in [-0.15, -0.1) is 6.58 Å². The molecule has 4 nitrogen and oxygen atoms in total. The summed E-state index contributed by atoms with van der Waals surface area (Å²) in [5.74, 6) is 6.22. The van der Waals surface area contributed by atoms with E-state index in [1.165, 1.54) is 0 Å². The van der Waals surface area contributed by atoms with E-state index in [0.717, 1.165) is 37.1 Å². The molecule has 25 heavy (non-hydrogen) atoms. The van der Waals surface area contributed by atoms with Gasteiger partial charge in [0.05, 0.1) is 12.2 Å². The van der Waals surface area contributed by atoms with Crippen LogP contribution in [0.4, 0.5) is 0 Å². The van der Waals surface area contributed by atoms with Crippen molar-refractivity contribution in [2.45, 2.75) is 31.8 Å². The first-order chi connectivity index (χ1) is 12.1. The van der Waals surface area contributed by atoms with E-state index in [1.54, 1.807) is 19.1 Å². The summed E-state index contributed by atoms with van der Waals surface area (Å²) < 4.78 is 5.06. The molecule has 0 aliphatic carbocycles. The number of nitrogens with zero attached hydrogens (tertiary/aromatic N) is 1. The van der Waals surface area contributed by atoms with Gasteiger partial charge in [-0.05, 0) is 63.0 Å². The van der Waals surface area contributed by atoms with E-state index in [2.05, 4.69) is 23.3 Å². The molecule has 3 heterocycles. The zero-order valence-corrected chi connectivity index (χ0v) is 14.8. The maximum absolute atomic E-state index is 11.9. The summed E-state index contributed by atoms with van der Waals surface area (Å²) in [6.07, 6.45) is 4.42. The second-order valence-corrected chi connectivity index (χ2v) is 6.81. The first-order valence-corrected chi connectivity index (χ1v) is 8.94. The van der Waals surface area contributed by atoms with E-state index < -0.39 is 5.60 Å². The third kappa shape index (κ3) is 3.78. The van der Waals surface area contributed by atoms with Crippen LogP contribution in [0.1, 0.15) is 41.3 Å². The molecule has 4 rings (SSSR count). The third-order valence-electron chi connectivity index (χ3n) is 5.12. The first kappa shape index (κ1) is 17.7. The largest absolute Gasteiger partial charge is 0.462 e. The van der Waals surface area contributed by atoms with Crippen molar-refractivity contribution >= 4 is 5.97 Å². The van der Waals surface area contributed by atoms with Crippen molar-refractivity contribution < 1.29 is 14.6 Å². The Labute approximate surface area is 149 Å². The van der Waals surface area contributed by atoms with Gasteiger partial charge in [0.15, 0.2) is 0 Å². The number of hydrogen-bond acceptors (Lipinski definition) is 4. The monoisotopic (exact) mass is 339 g/mol. The normalized spacial score (nSPS) is 27.3. The number of piperidine rings is 3. The summed E-state index contributed by atoms with van der Waals surface area (Å²) in [6.45, 7) is 8.67. The lowest BCUT2D eigenvalue weighted by Crippen LogP contribution is -2.58. The van der Waals surface area contributed by atoms with E-state index in [4.69, 9.17) is 4.74 Å².